The Morgan fingerprint density at radius 2 is 0.592 bits per heavy atom. The lowest BCUT2D eigenvalue weighted by atomic mass is 9.89. The number of hydrogen-bond acceptors (Lipinski definition) is 16. The molecule has 17 rings (SSSR count). The van der Waals surface area contributed by atoms with E-state index in [0.29, 0.717) is 52.5 Å². The highest BCUT2D eigenvalue weighted by Gasteiger charge is 2.30. The van der Waals surface area contributed by atoms with E-state index in [-0.39, 0.29) is 19.3 Å². The number of β-amino-alcohol motifs (C(OH)–C–C–N with tert-alkyl or cyclic N) is 3. The van der Waals surface area contributed by atoms with Gasteiger partial charge in [-0.1, -0.05) is 320 Å². The first-order valence-corrected chi connectivity index (χ1v) is 45.3. The largest absolute Gasteiger partial charge is 0.491 e. The standard InChI is InChI=1S/C25H27NO2.C25H29NO2.C24H25NO2.C22H24N2O2.C18H21NO2/c1-19-11-13-24(14-12-19)28-18-23(27)17-26-16-22-10-6-5-9-21(22)15-25(26)20-7-3-2-4-8-20;1-20-10-9-11-21(2)25(20)28-19-24(27)18-26(16-22-12-5-3-6-13-22)17-23-14-7-4-8-15-23;1-18-10-12-22(13-11-18)27-17-21(26)16-25-14-19-6-2-4-8-23(19)24-9-5-3-7-20(24)15-25;25-21(18-26-22-11-13-23-14-12-22)17-24(15-19-7-3-1-4-8-19)16-20-9-5-2-6-10-20;1-14-6-8-18(9-7-14)21-13-17(20)12-19-10-15-4-2-3-5-16(15)11-19/h2-14,23,25,27H,15-18H2,1H3;3-15,24,27H,16-19H2,1-2H3;2-13,21,26H,14-17H2,1H3;1-14,21,25H,15-18H2;2-9,17,20H,10-13H2,1H3. The molecule has 130 heavy (non-hydrogen) atoms. The summed E-state index contributed by atoms with van der Waals surface area (Å²) in [5.74, 6) is 4.00. The predicted octanol–water partition coefficient (Wildman–Crippen LogP) is 20.0. The number of aliphatic hydroxyl groups is 5. The summed E-state index contributed by atoms with van der Waals surface area (Å²) < 4.78 is 28.8. The number of aryl methyl sites for hydroxylation is 5. The van der Waals surface area contributed by atoms with Gasteiger partial charge in [0.1, 0.15) is 92.3 Å². The molecule has 0 radical (unpaired) electrons. The van der Waals surface area contributed by atoms with E-state index in [0.717, 1.165) is 105 Å². The summed E-state index contributed by atoms with van der Waals surface area (Å²) in [5, 5.41) is 52.4. The number of para-hydroxylation sites is 1. The number of rotatable bonds is 34. The van der Waals surface area contributed by atoms with E-state index in [4.69, 9.17) is 23.7 Å². The van der Waals surface area contributed by atoms with E-state index in [2.05, 4.69) is 237 Å². The lowest BCUT2D eigenvalue weighted by Crippen LogP contribution is -2.41. The molecule has 3 aliphatic rings. The first-order chi connectivity index (χ1) is 63.5. The number of ether oxygens (including phenoxy) is 5. The highest BCUT2D eigenvalue weighted by molar-refractivity contribution is 5.71. The van der Waals surface area contributed by atoms with E-state index < -0.39 is 30.5 Å². The number of benzene rings is 13. The van der Waals surface area contributed by atoms with Crippen LogP contribution in [0.4, 0.5) is 0 Å². The van der Waals surface area contributed by atoms with Crippen LogP contribution in [-0.4, -0.2) is 151 Å². The van der Waals surface area contributed by atoms with Gasteiger partial charge in [0, 0.05) is 110 Å². The zero-order valence-corrected chi connectivity index (χ0v) is 75.7. The van der Waals surface area contributed by atoms with E-state index in [9.17, 15) is 25.5 Å². The zero-order valence-electron chi connectivity index (χ0n) is 75.7. The summed E-state index contributed by atoms with van der Waals surface area (Å²) in [7, 11) is 0. The number of hydrogen-bond donors (Lipinski definition) is 5. The maximum absolute atomic E-state index is 10.7. The van der Waals surface area contributed by atoms with Gasteiger partial charge >= 0.3 is 0 Å². The van der Waals surface area contributed by atoms with Gasteiger partial charge in [0.25, 0.3) is 0 Å². The Bertz CT molecular complexity index is 5420. The topological polar surface area (TPSA) is 176 Å². The lowest BCUT2D eigenvalue weighted by molar-refractivity contribution is 0.0439. The van der Waals surface area contributed by atoms with Crippen molar-refractivity contribution in [2.75, 3.05) is 65.8 Å². The van der Waals surface area contributed by atoms with Gasteiger partial charge in [0.05, 0.1) is 0 Å². The van der Waals surface area contributed by atoms with Crippen molar-refractivity contribution in [1.82, 2.24) is 29.5 Å². The molecule has 672 valence electrons. The summed E-state index contributed by atoms with van der Waals surface area (Å²) in [6, 6.07) is 120. The first-order valence-electron chi connectivity index (χ1n) is 45.3. The number of aromatic nitrogens is 1. The Labute approximate surface area is 769 Å². The van der Waals surface area contributed by atoms with Crippen LogP contribution in [-0.2, 0) is 65.3 Å². The normalized spacial score (nSPS) is 14.4. The smallest absolute Gasteiger partial charge is 0.125 e. The summed E-state index contributed by atoms with van der Waals surface area (Å²) in [6.07, 6.45) is 1.63. The monoisotopic (exact) mass is 1740 g/mol. The Balaban J connectivity index is 0.000000139. The second kappa shape index (κ2) is 50.5. The molecule has 13 aromatic carbocycles. The second-order valence-electron chi connectivity index (χ2n) is 34.2. The molecule has 0 fully saturated rings. The van der Waals surface area contributed by atoms with Crippen LogP contribution in [0.25, 0.3) is 11.1 Å². The van der Waals surface area contributed by atoms with Crippen LogP contribution in [0.5, 0.6) is 28.7 Å². The molecule has 0 bridgehead atoms. The number of pyridine rings is 1. The fraction of sp³-hybridized carbons (Fsp3) is 0.272. The lowest BCUT2D eigenvalue weighted by Gasteiger charge is -2.38. The SMILES string of the molecule is Cc1ccc(OCC(O)CN2Cc3ccccc3-c3ccccc3C2)cc1.Cc1ccc(OCC(O)CN2Cc3ccccc3C2)cc1.Cc1ccc(OCC(O)CN2Cc3ccccc3CC2c2ccccc2)cc1.Cc1cccc(C)c1OCC(O)CN(Cc1ccccc1)Cc1ccccc1.OC(COc1ccncc1)CN(Cc1ccccc1)Cc1ccccc1. The second-order valence-corrected chi connectivity index (χ2v) is 34.2. The minimum atomic E-state index is -0.574. The molecule has 4 heterocycles. The molecular formula is C114H126N6O10. The average Bonchev–Trinajstić information content (AvgIpc) is 1.19. The average molecular weight is 1740 g/mol. The molecule has 6 unspecified atom stereocenters. The van der Waals surface area contributed by atoms with Gasteiger partial charge in [0.15, 0.2) is 0 Å². The third kappa shape index (κ3) is 31.2. The molecule has 0 saturated carbocycles. The molecule has 0 aliphatic carbocycles. The Morgan fingerprint density at radius 1 is 0.292 bits per heavy atom. The van der Waals surface area contributed by atoms with Gasteiger partial charge in [0.2, 0.25) is 0 Å². The maximum atomic E-state index is 10.7. The highest BCUT2D eigenvalue weighted by Crippen LogP contribution is 2.36. The third-order valence-corrected chi connectivity index (χ3v) is 23.2. The fourth-order valence-corrected chi connectivity index (χ4v) is 16.6. The molecule has 16 heteroatoms. The number of aliphatic hydroxyl groups excluding tert-OH is 5. The molecule has 6 atom stereocenters. The first kappa shape index (κ1) is 95.2. The van der Waals surface area contributed by atoms with Crippen LogP contribution in [0, 0.1) is 34.6 Å². The van der Waals surface area contributed by atoms with Crippen molar-refractivity contribution in [1.29, 1.82) is 0 Å². The van der Waals surface area contributed by atoms with Crippen molar-refractivity contribution in [2.24, 2.45) is 0 Å². The number of nitrogens with zero attached hydrogens (tertiary/aromatic N) is 6. The van der Waals surface area contributed by atoms with E-state index in [1.807, 2.05) is 167 Å². The quantitative estimate of drug-likeness (QED) is 0.0257. The highest BCUT2D eigenvalue weighted by atomic mass is 16.5. The maximum Gasteiger partial charge on any atom is 0.125 e. The van der Waals surface area contributed by atoms with Crippen LogP contribution >= 0.6 is 0 Å². The van der Waals surface area contributed by atoms with Crippen LogP contribution in [0.1, 0.15) is 95.1 Å². The van der Waals surface area contributed by atoms with Crippen LogP contribution < -0.4 is 23.7 Å². The summed E-state index contributed by atoms with van der Waals surface area (Å²) in [4.78, 5) is 15.4. The Kier molecular flexibility index (Phi) is 37.0. The minimum absolute atomic E-state index is 0.254. The minimum Gasteiger partial charge on any atom is -0.491 e. The molecule has 1 aromatic heterocycles. The van der Waals surface area contributed by atoms with Crippen molar-refractivity contribution < 1.29 is 49.2 Å². The van der Waals surface area contributed by atoms with E-state index >= 15 is 0 Å². The van der Waals surface area contributed by atoms with Gasteiger partial charge in [-0.3, -0.25) is 29.5 Å². The van der Waals surface area contributed by atoms with Gasteiger partial charge in [-0.05, 0) is 173 Å². The summed E-state index contributed by atoms with van der Waals surface area (Å²) >= 11 is 0. The van der Waals surface area contributed by atoms with Crippen LogP contribution in [0.15, 0.2) is 364 Å². The molecule has 3 aliphatic heterocycles. The summed E-state index contributed by atoms with van der Waals surface area (Å²) in [6.45, 7) is 22.0. The Morgan fingerprint density at radius 3 is 0.977 bits per heavy atom. The molecular weight excluding hydrogens is 1610 g/mol. The van der Waals surface area contributed by atoms with Gasteiger partial charge < -0.3 is 49.2 Å². The molecule has 0 saturated heterocycles. The van der Waals surface area contributed by atoms with E-state index in [1.165, 1.54) is 89.0 Å². The van der Waals surface area contributed by atoms with Crippen molar-refractivity contribution >= 4 is 0 Å². The van der Waals surface area contributed by atoms with E-state index in [1.54, 1.807) is 24.5 Å². The van der Waals surface area contributed by atoms with Gasteiger partial charge in [-0.15, -0.1) is 0 Å². The van der Waals surface area contributed by atoms with Crippen molar-refractivity contribution in [3.8, 4) is 39.9 Å². The molecule has 16 nitrogen and oxygen atoms in total. The van der Waals surface area contributed by atoms with Crippen LogP contribution in [0.3, 0.4) is 0 Å². The summed E-state index contributed by atoms with van der Waals surface area (Å²) in [5.41, 5.74) is 22.7. The van der Waals surface area contributed by atoms with Gasteiger partial charge in [-0.25, -0.2) is 0 Å². The van der Waals surface area contributed by atoms with Crippen LogP contribution in [0.2, 0.25) is 0 Å². The van der Waals surface area contributed by atoms with Crippen molar-refractivity contribution in [3.05, 3.63) is 453 Å². The number of fused-ring (bicyclic) bond motifs is 5. The molecule has 14 aromatic rings. The fourth-order valence-electron chi connectivity index (χ4n) is 16.6. The molecule has 0 amide bonds. The molecule has 5 N–H and O–H groups in total. The third-order valence-electron chi connectivity index (χ3n) is 23.2. The van der Waals surface area contributed by atoms with Gasteiger partial charge in [-0.2, -0.15) is 0 Å². The Hall–Kier alpha value is -12.4. The van der Waals surface area contributed by atoms with Crippen molar-refractivity contribution in [2.45, 2.75) is 137 Å². The molecule has 0 spiro atoms. The van der Waals surface area contributed by atoms with Crippen molar-refractivity contribution in [3.63, 3.8) is 0 Å². The zero-order chi connectivity index (χ0) is 90.4. The predicted molar refractivity (Wildman–Crippen MR) is 521 cm³/mol.